The molecule has 0 bridgehead atoms. The van der Waals surface area contributed by atoms with Crippen molar-refractivity contribution in [2.45, 2.75) is 93.6 Å². The van der Waals surface area contributed by atoms with Gasteiger partial charge in [-0.05, 0) is 35.8 Å². The molecule has 14 atom stereocenters. The Labute approximate surface area is 310 Å². The van der Waals surface area contributed by atoms with E-state index in [0.717, 1.165) is 25.2 Å². The van der Waals surface area contributed by atoms with Crippen LogP contribution in [0.3, 0.4) is 0 Å². The van der Waals surface area contributed by atoms with Gasteiger partial charge in [-0.3, -0.25) is 0 Å². The maximum atomic E-state index is 12.7. The number of esters is 2. The van der Waals surface area contributed by atoms with Crippen molar-refractivity contribution in [3.63, 3.8) is 0 Å². The molecule has 0 saturated carbocycles. The van der Waals surface area contributed by atoms with Crippen LogP contribution >= 0.6 is 0 Å². The van der Waals surface area contributed by atoms with Crippen LogP contribution in [0.25, 0.3) is 6.08 Å². The molecule has 0 radical (unpaired) electrons. The number of phenols is 1. The number of rotatable bonds is 15. The Kier molecular flexibility index (Phi) is 14.6. The molecule has 0 amide bonds. The number of aliphatic hydroxyl groups excluding tert-OH is 7. The molecule has 14 unspecified atom stereocenters. The SMILES string of the molecule is CCCCOC1C=C(CO)C2C(OC3OC(CO)C(O)C(OC4OC(COC(=O)C=Cc5ccc(O)cc5)C(O)C(O)C4O)C3O)OC=C(C(=O)OC)C12. The van der Waals surface area contributed by atoms with Gasteiger partial charge in [0.25, 0.3) is 0 Å². The molecule has 4 aliphatic rings. The van der Waals surface area contributed by atoms with Gasteiger partial charge in [0.15, 0.2) is 12.6 Å². The first kappa shape index (κ1) is 41.7. The van der Waals surface area contributed by atoms with E-state index in [9.17, 15) is 50.4 Å². The largest absolute Gasteiger partial charge is 0.508 e. The van der Waals surface area contributed by atoms with Crippen LogP contribution in [0.5, 0.6) is 5.75 Å². The van der Waals surface area contributed by atoms with Crippen LogP contribution in [0.4, 0.5) is 0 Å². The fourth-order valence-electron chi connectivity index (χ4n) is 6.71. The highest BCUT2D eigenvalue weighted by atomic mass is 16.8. The van der Waals surface area contributed by atoms with E-state index in [0.29, 0.717) is 17.7 Å². The van der Waals surface area contributed by atoms with E-state index in [-0.39, 0.29) is 11.3 Å². The molecule has 1 aromatic rings. The van der Waals surface area contributed by atoms with E-state index in [2.05, 4.69) is 0 Å². The summed E-state index contributed by atoms with van der Waals surface area (Å²) >= 11 is 0. The number of hydrogen-bond donors (Lipinski definition) is 8. The lowest BCUT2D eigenvalue weighted by atomic mass is 9.82. The molecule has 18 nitrogen and oxygen atoms in total. The molecule has 3 heterocycles. The quantitative estimate of drug-likeness (QED) is 0.0430. The number of unbranched alkanes of at least 4 members (excludes halogenated alkanes) is 1. The van der Waals surface area contributed by atoms with Gasteiger partial charge in [0, 0.05) is 18.6 Å². The van der Waals surface area contributed by atoms with Crippen molar-refractivity contribution in [1.82, 2.24) is 0 Å². The monoisotopic (exact) mass is 768 g/mol. The van der Waals surface area contributed by atoms with Gasteiger partial charge in [0.05, 0.1) is 44.2 Å². The lowest BCUT2D eigenvalue weighted by molar-refractivity contribution is -0.374. The van der Waals surface area contributed by atoms with E-state index < -0.39 is 117 Å². The summed E-state index contributed by atoms with van der Waals surface area (Å²) in [5.74, 6) is -3.07. The van der Waals surface area contributed by atoms with Crippen molar-refractivity contribution in [2.24, 2.45) is 11.8 Å². The molecule has 0 spiro atoms. The summed E-state index contributed by atoms with van der Waals surface area (Å²) in [5, 5.41) is 84.2. The van der Waals surface area contributed by atoms with Crippen molar-refractivity contribution >= 4 is 18.0 Å². The molecule has 18 heteroatoms. The van der Waals surface area contributed by atoms with Crippen LogP contribution < -0.4 is 0 Å². The topological polar surface area (TPSA) is 270 Å². The van der Waals surface area contributed by atoms with E-state index in [1.54, 1.807) is 18.2 Å². The number of hydrogen-bond acceptors (Lipinski definition) is 18. The highest BCUT2D eigenvalue weighted by Crippen LogP contribution is 2.46. The number of carbonyl (C=O) groups is 2. The zero-order valence-corrected chi connectivity index (χ0v) is 29.6. The molecule has 2 fully saturated rings. The maximum absolute atomic E-state index is 12.7. The Morgan fingerprint density at radius 3 is 2.22 bits per heavy atom. The molecule has 8 N–H and O–H groups in total. The van der Waals surface area contributed by atoms with Gasteiger partial charge >= 0.3 is 11.9 Å². The molecule has 2 saturated heterocycles. The Morgan fingerprint density at radius 2 is 1.56 bits per heavy atom. The third-order valence-corrected chi connectivity index (χ3v) is 9.69. The highest BCUT2D eigenvalue weighted by Gasteiger charge is 2.55. The number of carbonyl (C=O) groups excluding carboxylic acids is 2. The minimum Gasteiger partial charge on any atom is -0.508 e. The van der Waals surface area contributed by atoms with Gasteiger partial charge in [0.1, 0.15) is 61.2 Å². The summed E-state index contributed by atoms with van der Waals surface area (Å²) in [6.07, 6.45) is -12.4. The van der Waals surface area contributed by atoms with E-state index >= 15 is 0 Å². The molecule has 5 rings (SSSR count). The fraction of sp³-hybridized carbons (Fsp3) is 0.611. The molecule has 54 heavy (non-hydrogen) atoms. The predicted molar refractivity (Wildman–Crippen MR) is 180 cm³/mol. The highest BCUT2D eigenvalue weighted by molar-refractivity contribution is 5.89. The predicted octanol–water partition coefficient (Wildman–Crippen LogP) is -1.64. The Hall–Kier alpha value is -3.50. The van der Waals surface area contributed by atoms with Crippen LogP contribution in [0.2, 0.25) is 0 Å². The van der Waals surface area contributed by atoms with E-state index in [1.807, 2.05) is 6.92 Å². The van der Waals surface area contributed by atoms with E-state index in [1.165, 1.54) is 25.3 Å². The van der Waals surface area contributed by atoms with Gasteiger partial charge in [0.2, 0.25) is 6.29 Å². The summed E-state index contributed by atoms with van der Waals surface area (Å²) in [6, 6.07) is 5.95. The maximum Gasteiger partial charge on any atom is 0.337 e. The second kappa shape index (κ2) is 18.9. The average Bonchev–Trinajstić information content (AvgIpc) is 3.55. The first-order valence-corrected chi connectivity index (χ1v) is 17.6. The normalized spacial score (nSPS) is 36.5. The minimum absolute atomic E-state index is 0.0376. The molecular weight excluding hydrogens is 720 g/mol. The summed E-state index contributed by atoms with van der Waals surface area (Å²) < 4.78 is 45.1. The second-order valence-electron chi connectivity index (χ2n) is 13.2. The minimum atomic E-state index is -1.93. The Bertz CT molecular complexity index is 1500. The van der Waals surface area contributed by atoms with Gasteiger partial charge in [-0.15, -0.1) is 0 Å². The zero-order valence-electron chi connectivity index (χ0n) is 29.6. The van der Waals surface area contributed by atoms with Crippen molar-refractivity contribution in [3.8, 4) is 5.75 Å². The number of methoxy groups -OCH3 is 1. The average molecular weight is 769 g/mol. The Morgan fingerprint density at radius 1 is 0.852 bits per heavy atom. The van der Waals surface area contributed by atoms with E-state index in [4.69, 9.17) is 37.9 Å². The van der Waals surface area contributed by atoms with Crippen molar-refractivity contribution < 1.29 is 88.3 Å². The Balaban J connectivity index is 1.29. The molecule has 300 valence electrons. The molecule has 3 aliphatic heterocycles. The van der Waals surface area contributed by atoms with Crippen molar-refractivity contribution in [2.75, 3.05) is 33.5 Å². The summed E-state index contributed by atoms with van der Waals surface area (Å²) in [5.41, 5.74) is 1.11. The zero-order chi connectivity index (χ0) is 39.1. The number of aliphatic hydroxyl groups is 7. The van der Waals surface area contributed by atoms with Crippen LogP contribution in [-0.4, -0.2) is 160 Å². The second-order valence-corrected chi connectivity index (χ2v) is 13.2. The number of benzene rings is 1. The van der Waals surface area contributed by atoms with Gasteiger partial charge in [-0.2, -0.15) is 0 Å². The molecule has 0 aromatic heterocycles. The van der Waals surface area contributed by atoms with Crippen molar-refractivity contribution in [1.29, 1.82) is 0 Å². The fourth-order valence-corrected chi connectivity index (χ4v) is 6.71. The summed E-state index contributed by atoms with van der Waals surface area (Å²) in [6.45, 7) is 0.488. The van der Waals surface area contributed by atoms with Crippen LogP contribution in [0, 0.1) is 11.8 Å². The van der Waals surface area contributed by atoms with Crippen LogP contribution in [-0.2, 0) is 47.5 Å². The number of aromatic hydroxyl groups is 1. The van der Waals surface area contributed by atoms with Gasteiger partial charge in [-0.25, -0.2) is 9.59 Å². The first-order valence-electron chi connectivity index (χ1n) is 17.6. The van der Waals surface area contributed by atoms with Crippen LogP contribution in [0.1, 0.15) is 25.3 Å². The summed E-state index contributed by atoms with van der Waals surface area (Å²) in [7, 11) is 1.20. The number of phenolic OH excluding ortho intramolecular Hbond substituents is 1. The molecular formula is C36H48O18. The lowest BCUT2D eigenvalue weighted by Crippen LogP contribution is -2.65. The third kappa shape index (κ3) is 9.30. The van der Waals surface area contributed by atoms with Crippen LogP contribution in [0.15, 0.2) is 53.8 Å². The van der Waals surface area contributed by atoms with Gasteiger partial charge < -0.3 is 78.7 Å². The number of ether oxygens (including phenoxy) is 8. The third-order valence-electron chi connectivity index (χ3n) is 9.69. The smallest absolute Gasteiger partial charge is 0.337 e. The molecule has 1 aliphatic carbocycles. The van der Waals surface area contributed by atoms with Gasteiger partial charge in [-0.1, -0.05) is 31.6 Å². The lowest BCUT2D eigenvalue weighted by Gasteiger charge is -2.47. The standard InChI is InChI=1S/C36H48O18/c1-3-4-11-48-21-12-18(13-37)25-26(21)20(33(46)47-2)15-50-34(25)54-36-31(45)32(28(42)22(14-38)51-36)53-35-30(44)29(43)27(41)23(52-35)16-49-24(40)10-7-17-5-8-19(39)9-6-17/h5-10,12,15,21-23,25-32,34-39,41-45H,3-4,11,13-14,16H2,1-2H3. The first-order chi connectivity index (χ1) is 25.9. The molecule has 1 aromatic carbocycles. The van der Waals surface area contributed by atoms with Crippen molar-refractivity contribution in [3.05, 3.63) is 59.4 Å². The summed E-state index contributed by atoms with van der Waals surface area (Å²) in [4.78, 5) is 25.1. The number of fused-ring (bicyclic) bond motifs is 1.